The van der Waals surface area contributed by atoms with Gasteiger partial charge >= 0.3 is 0 Å². The third-order valence-electron chi connectivity index (χ3n) is 3.44. The van der Waals surface area contributed by atoms with E-state index in [2.05, 4.69) is 36.8 Å². The number of carbonyl (C=O) groups is 1. The zero-order chi connectivity index (χ0) is 17.3. The van der Waals surface area contributed by atoms with Crippen molar-refractivity contribution < 1.29 is 4.79 Å². The Hall–Kier alpha value is -1.69. The van der Waals surface area contributed by atoms with Gasteiger partial charge in [-0.2, -0.15) is 0 Å². The van der Waals surface area contributed by atoms with E-state index in [9.17, 15) is 9.59 Å². The molecule has 3 nitrogen and oxygen atoms in total. The van der Waals surface area contributed by atoms with E-state index in [1.54, 1.807) is 42.5 Å². The molecular formula is C18H10Br2ClNO2. The predicted molar refractivity (Wildman–Crippen MR) is 105 cm³/mol. The van der Waals surface area contributed by atoms with Crippen molar-refractivity contribution in [3.05, 3.63) is 84.0 Å². The molecule has 3 aromatic rings. The summed E-state index contributed by atoms with van der Waals surface area (Å²) < 4.78 is 1.62. The fourth-order valence-corrected chi connectivity index (χ4v) is 3.72. The Morgan fingerprint density at radius 2 is 1.79 bits per heavy atom. The molecule has 0 bridgehead atoms. The van der Waals surface area contributed by atoms with Crippen LogP contribution in [0.15, 0.2) is 62.3 Å². The van der Waals surface area contributed by atoms with Gasteiger partial charge in [-0.25, -0.2) is 0 Å². The first-order valence-electron chi connectivity index (χ1n) is 6.94. The van der Waals surface area contributed by atoms with Crippen LogP contribution >= 0.6 is 43.5 Å². The molecule has 0 aliphatic heterocycles. The van der Waals surface area contributed by atoms with E-state index in [4.69, 9.17) is 11.6 Å². The lowest BCUT2D eigenvalue weighted by Gasteiger charge is -2.04. The molecule has 0 unspecified atom stereocenters. The van der Waals surface area contributed by atoms with Gasteiger partial charge in [0.2, 0.25) is 0 Å². The van der Waals surface area contributed by atoms with Crippen LogP contribution in [0.3, 0.4) is 0 Å². The van der Waals surface area contributed by atoms with E-state index in [0.717, 1.165) is 19.9 Å². The number of nitrogens with one attached hydrogen (secondary N) is 1. The SMILES string of the molecule is O=C(C=Cc1ccc(Cl)cc1)c1cc2c(Br)cc(Br)cc2[nH]c1=O. The van der Waals surface area contributed by atoms with Crippen LogP contribution in [0.2, 0.25) is 5.02 Å². The van der Waals surface area contributed by atoms with Crippen LogP contribution in [0.1, 0.15) is 15.9 Å². The molecule has 3 rings (SSSR count). The first-order valence-corrected chi connectivity index (χ1v) is 8.90. The minimum absolute atomic E-state index is 0.0933. The summed E-state index contributed by atoms with van der Waals surface area (Å²) in [7, 11) is 0. The van der Waals surface area contributed by atoms with Gasteiger partial charge in [-0.15, -0.1) is 0 Å². The van der Waals surface area contributed by atoms with Gasteiger partial charge in [0.15, 0.2) is 5.78 Å². The maximum atomic E-state index is 12.4. The highest BCUT2D eigenvalue weighted by Crippen LogP contribution is 2.27. The lowest BCUT2D eigenvalue weighted by molar-refractivity contribution is 0.104. The normalized spacial score (nSPS) is 11.3. The lowest BCUT2D eigenvalue weighted by Crippen LogP contribution is -2.16. The summed E-state index contributed by atoms with van der Waals surface area (Å²) in [5.41, 5.74) is 1.16. The molecule has 0 amide bonds. The largest absolute Gasteiger partial charge is 0.321 e. The summed E-state index contributed by atoms with van der Waals surface area (Å²) in [5, 5.41) is 1.39. The molecule has 0 saturated heterocycles. The van der Waals surface area contributed by atoms with Gasteiger partial charge in [-0.1, -0.05) is 61.7 Å². The van der Waals surface area contributed by atoms with E-state index in [1.807, 2.05) is 6.07 Å². The number of aromatic nitrogens is 1. The standard InChI is InChI=1S/C18H10Br2ClNO2/c19-11-7-15(20)13-9-14(18(24)22-16(13)8-11)17(23)6-3-10-1-4-12(21)5-2-10/h1-9H,(H,22,24). The highest BCUT2D eigenvalue weighted by molar-refractivity contribution is 9.11. The fraction of sp³-hybridized carbons (Fsp3) is 0. The summed E-state index contributed by atoms with van der Waals surface area (Å²) in [6.07, 6.45) is 3.03. The minimum Gasteiger partial charge on any atom is -0.321 e. The van der Waals surface area contributed by atoms with Crippen molar-refractivity contribution in [2.45, 2.75) is 0 Å². The quantitative estimate of drug-likeness (QED) is 0.403. The number of aromatic amines is 1. The van der Waals surface area contributed by atoms with E-state index in [0.29, 0.717) is 10.5 Å². The summed E-state index contributed by atoms with van der Waals surface area (Å²) in [5.74, 6) is -0.358. The van der Waals surface area contributed by atoms with Crippen molar-refractivity contribution >= 4 is 66.2 Å². The summed E-state index contributed by atoms with van der Waals surface area (Å²) in [6.45, 7) is 0. The number of fused-ring (bicyclic) bond motifs is 1. The van der Waals surface area contributed by atoms with Crippen molar-refractivity contribution in [3.63, 3.8) is 0 Å². The number of halogens is 3. The zero-order valence-corrected chi connectivity index (χ0v) is 16.1. The predicted octanol–water partition coefficient (Wildman–Crippen LogP) is 5.60. The number of H-pyrrole nitrogens is 1. The molecule has 0 atom stereocenters. The van der Waals surface area contributed by atoms with Gasteiger partial charge in [0.1, 0.15) is 0 Å². The third-order valence-corrected chi connectivity index (χ3v) is 4.80. The van der Waals surface area contributed by atoms with Crippen molar-refractivity contribution in [2.75, 3.05) is 0 Å². The van der Waals surface area contributed by atoms with Crippen LogP contribution < -0.4 is 5.56 Å². The molecule has 0 aliphatic rings. The fourth-order valence-electron chi connectivity index (χ4n) is 2.25. The second-order valence-corrected chi connectivity index (χ2v) is 7.32. The minimum atomic E-state index is -0.418. The van der Waals surface area contributed by atoms with Crippen molar-refractivity contribution in [3.8, 4) is 0 Å². The molecule has 120 valence electrons. The Kier molecular flexibility index (Phi) is 5.04. The third kappa shape index (κ3) is 3.69. The zero-order valence-electron chi connectivity index (χ0n) is 12.1. The molecule has 2 aromatic carbocycles. The highest BCUT2D eigenvalue weighted by atomic mass is 79.9. The average Bonchev–Trinajstić information content (AvgIpc) is 2.53. The van der Waals surface area contributed by atoms with Crippen molar-refractivity contribution in [1.29, 1.82) is 0 Å². The lowest BCUT2D eigenvalue weighted by atomic mass is 10.1. The van der Waals surface area contributed by atoms with Crippen LogP contribution in [0, 0.1) is 0 Å². The van der Waals surface area contributed by atoms with Crippen LogP contribution in [-0.4, -0.2) is 10.8 Å². The second-order valence-electron chi connectivity index (χ2n) is 5.11. The van der Waals surface area contributed by atoms with Gasteiger partial charge in [0.25, 0.3) is 5.56 Å². The molecule has 0 radical (unpaired) electrons. The van der Waals surface area contributed by atoms with Gasteiger partial charge in [-0.05, 0) is 42.0 Å². The Labute approximate surface area is 159 Å². The Morgan fingerprint density at radius 1 is 1.08 bits per heavy atom. The van der Waals surface area contributed by atoms with E-state index < -0.39 is 5.56 Å². The number of carbonyl (C=O) groups excluding carboxylic acids is 1. The van der Waals surface area contributed by atoms with Crippen LogP contribution in [0.4, 0.5) is 0 Å². The number of hydrogen-bond donors (Lipinski definition) is 1. The Balaban J connectivity index is 1.99. The molecule has 1 heterocycles. The molecule has 24 heavy (non-hydrogen) atoms. The smallest absolute Gasteiger partial charge is 0.259 e. The van der Waals surface area contributed by atoms with Gasteiger partial charge in [-0.3, -0.25) is 9.59 Å². The molecule has 1 N–H and O–H groups in total. The average molecular weight is 468 g/mol. The van der Waals surface area contributed by atoms with Gasteiger partial charge < -0.3 is 4.98 Å². The first kappa shape index (κ1) is 17.1. The Morgan fingerprint density at radius 3 is 2.50 bits per heavy atom. The first-order chi connectivity index (χ1) is 11.4. The van der Waals surface area contributed by atoms with E-state index in [1.165, 1.54) is 6.08 Å². The van der Waals surface area contributed by atoms with Gasteiger partial charge in [0, 0.05) is 19.4 Å². The number of pyridine rings is 1. The van der Waals surface area contributed by atoms with Crippen molar-refractivity contribution in [1.82, 2.24) is 4.98 Å². The van der Waals surface area contributed by atoms with Crippen LogP contribution in [0.5, 0.6) is 0 Å². The molecule has 0 saturated carbocycles. The number of hydrogen-bond acceptors (Lipinski definition) is 2. The highest BCUT2D eigenvalue weighted by Gasteiger charge is 2.11. The Bertz CT molecular complexity index is 1020. The van der Waals surface area contributed by atoms with E-state index >= 15 is 0 Å². The van der Waals surface area contributed by atoms with Crippen molar-refractivity contribution in [2.24, 2.45) is 0 Å². The molecule has 6 heteroatoms. The molecule has 1 aromatic heterocycles. The number of ketones is 1. The topological polar surface area (TPSA) is 49.9 Å². The van der Waals surface area contributed by atoms with Gasteiger partial charge in [0.05, 0.1) is 11.1 Å². The number of benzene rings is 2. The maximum Gasteiger partial charge on any atom is 0.259 e. The maximum absolute atomic E-state index is 12.4. The summed E-state index contributed by atoms with van der Waals surface area (Å²) >= 11 is 12.6. The summed E-state index contributed by atoms with van der Waals surface area (Å²) in [4.78, 5) is 27.3. The van der Waals surface area contributed by atoms with E-state index in [-0.39, 0.29) is 11.3 Å². The summed E-state index contributed by atoms with van der Waals surface area (Å²) in [6, 6.07) is 12.3. The van der Waals surface area contributed by atoms with Crippen LogP contribution in [-0.2, 0) is 0 Å². The molecule has 0 aliphatic carbocycles. The number of allylic oxidation sites excluding steroid dienone is 1. The molecular weight excluding hydrogens is 457 g/mol. The second kappa shape index (κ2) is 7.05. The monoisotopic (exact) mass is 465 g/mol. The van der Waals surface area contributed by atoms with Crippen LogP contribution in [0.25, 0.3) is 17.0 Å². The molecule has 0 spiro atoms. The number of rotatable bonds is 3. The molecule has 0 fully saturated rings.